The third-order valence-electron chi connectivity index (χ3n) is 4.20. The molecule has 0 aliphatic carbocycles. The van der Waals surface area contributed by atoms with Crippen molar-refractivity contribution in [3.05, 3.63) is 59.2 Å². The highest BCUT2D eigenvalue weighted by Crippen LogP contribution is 2.36. The van der Waals surface area contributed by atoms with E-state index in [1.165, 1.54) is 5.56 Å². The minimum absolute atomic E-state index is 0.0490. The molecule has 0 amide bonds. The normalized spacial score (nSPS) is 17.4. The number of aliphatic hydroxyl groups excluding tert-OH is 1. The van der Waals surface area contributed by atoms with Gasteiger partial charge >= 0.3 is 0 Å². The summed E-state index contributed by atoms with van der Waals surface area (Å²) in [7, 11) is 1.68. The predicted molar refractivity (Wildman–Crippen MR) is 89.9 cm³/mol. The number of benzene rings is 2. The van der Waals surface area contributed by atoms with Gasteiger partial charge in [0.15, 0.2) is 0 Å². The number of methoxy groups -OCH3 is 1. The molecule has 2 aromatic rings. The van der Waals surface area contributed by atoms with Crippen molar-refractivity contribution in [1.82, 2.24) is 5.32 Å². The van der Waals surface area contributed by atoms with Crippen LogP contribution in [-0.4, -0.2) is 24.9 Å². The second kappa shape index (κ2) is 7.02. The van der Waals surface area contributed by atoms with Crippen LogP contribution in [0.3, 0.4) is 0 Å². The summed E-state index contributed by atoms with van der Waals surface area (Å²) in [6.07, 6.45) is 1.10. The Morgan fingerprint density at radius 3 is 2.78 bits per heavy atom. The van der Waals surface area contributed by atoms with Gasteiger partial charge in [-0.15, -0.1) is 0 Å². The van der Waals surface area contributed by atoms with E-state index in [1.807, 2.05) is 42.5 Å². The Morgan fingerprint density at radius 2 is 2.09 bits per heavy atom. The molecule has 2 N–H and O–H groups in total. The Balaban J connectivity index is 1.79. The van der Waals surface area contributed by atoms with E-state index in [-0.39, 0.29) is 18.8 Å². The number of fused-ring (bicyclic) bond motifs is 1. The number of rotatable bonds is 6. The van der Waals surface area contributed by atoms with E-state index in [1.54, 1.807) is 7.11 Å². The molecule has 4 nitrogen and oxygen atoms in total. The van der Waals surface area contributed by atoms with Crippen LogP contribution >= 0.6 is 0 Å². The number of nitrogens with one attached hydrogen (secondary N) is 1. The Morgan fingerprint density at radius 1 is 1.30 bits per heavy atom. The van der Waals surface area contributed by atoms with Crippen LogP contribution in [0.25, 0.3) is 0 Å². The monoisotopic (exact) mass is 313 g/mol. The van der Waals surface area contributed by atoms with Gasteiger partial charge < -0.3 is 19.9 Å². The van der Waals surface area contributed by atoms with Crippen LogP contribution < -0.4 is 14.8 Å². The minimum atomic E-state index is -0.100. The molecule has 0 radical (unpaired) electrons. The van der Waals surface area contributed by atoms with E-state index in [9.17, 15) is 5.11 Å². The first-order valence-corrected chi connectivity index (χ1v) is 7.97. The van der Waals surface area contributed by atoms with Gasteiger partial charge in [-0.2, -0.15) is 0 Å². The van der Waals surface area contributed by atoms with Crippen molar-refractivity contribution in [2.45, 2.75) is 32.0 Å². The summed E-state index contributed by atoms with van der Waals surface area (Å²) in [4.78, 5) is 0. The molecule has 1 aliphatic rings. The summed E-state index contributed by atoms with van der Waals surface area (Å²) >= 11 is 0. The van der Waals surface area contributed by atoms with E-state index in [0.717, 1.165) is 29.0 Å². The molecule has 0 saturated heterocycles. The first-order chi connectivity index (χ1) is 11.2. The number of ether oxygens (including phenoxy) is 2. The largest absolute Gasteiger partial charge is 0.497 e. The second-order valence-electron chi connectivity index (χ2n) is 5.93. The molecular weight excluding hydrogens is 290 g/mol. The average Bonchev–Trinajstić information content (AvgIpc) is 2.96. The van der Waals surface area contributed by atoms with Crippen molar-refractivity contribution in [3.63, 3.8) is 0 Å². The van der Waals surface area contributed by atoms with Crippen molar-refractivity contribution in [3.8, 4) is 11.5 Å². The molecule has 2 aromatic carbocycles. The minimum Gasteiger partial charge on any atom is -0.497 e. The maximum atomic E-state index is 9.68. The van der Waals surface area contributed by atoms with Crippen LogP contribution in [0.2, 0.25) is 0 Å². The summed E-state index contributed by atoms with van der Waals surface area (Å²) in [6.45, 7) is 2.74. The smallest absolute Gasteiger partial charge is 0.127 e. The van der Waals surface area contributed by atoms with Gasteiger partial charge in [0, 0.05) is 24.1 Å². The molecule has 0 saturated carbocycles. The number of aliphatic hydroxyl groups is 1. The fourth-order valence-corrected chi connectivity index (χ4v) is 3.03. The molecule has 122 valence electrons. The van der Waals surface area contributed by atoms with Gasteiger partial charge in [0.05, 0.1) is 19.8 Å². The van der Waals surface area contributed by atoms with Gasteiger partial charge in [0.1, 0.15) is 17.6 Å². The highest BCUT2D eigenvalue weighted by molar-refractivity contribution is 5.49. The van der Waals surface area contributed by atoms with Gasteiger partial charge in [-0.1, -0.05) is 30.3 Å². The van der Waals surface area contributed by atoms with E-state index < -0.39 is 0 Å². The molecule has 4 heteroatoms. The van der Waals surface area contributed by atoms with E-state index in [4.69, 9.17) is 9.47 Å². The average molecular weight is 313 g/mol. The van der Waals surface area contributed by atoms with Crippen LogP contribution in [0.1, 0.15) is 29.7 Å². The molecule has 0 spiro atoms. The van der Waals surface area contributed by atoms with Gasteiger partial charge in [-0.25, -0.2) is 0 Å². The summed E-state index contributed by atoms with van der Waals surface area (Å²) in [5.41, 5.74) is 3.33. The lowest BCUT2D eigenvalue weighted by molar-refractivity contribution is 0.238. The lowest BCUT2D eigenvalue weighted by Crippen LogP contribution is -2.24. The van der Waals surface area contributed by atoms with E-state index in [2.05, 4.69) is 12.2 Å². The standard InChI is InChI=1S/C19H23NO3/c1-13-8-15-9-17(22-2)10-16(19(15)23-13)11-20-18(12-21)14-6-4-3-5-7-14/h3-7,9-10,13,18,20-21H,8,11-12H2,1-2H3. The summed E-state index contributed by atoms with van der Waals surface area (Å²) < 4.78 is 11.4. The fraction of sp³-hybridized carbons (Fsp3) is 0.368. The zero-order chi connectivity index (χ0) is 16.2. The number of hydrogen-bond donors (Lipinski definition) is 2. The SMILES string of the molecule is COc1cc(CNC(CO)c2ccccc2)c2c(c1)CC(C)O2. The summed E-state index contributed by atoms with van der Waals surface area (Å²) in [6, 6.07) is 13.9. The molecule has 1 aliphatic heterocycles. The zero-order valence-corrected chi connectivity index (χ0v) is 13.6. The van der Waals surface area contributed by atoms with Crippen molar-refractivity contribution in [2.75, 3.05) is 13.7 Å². The Bertz CT molecular complexity index is 657. The fourth-order valence-electron chi connectivity index (χ4n) is 3.03. The Labute approximate surface area is 137 Å². The van der Waals surface area contributed by atoms with Crippen molar-refractivity contribution >= 4 is 0 Å². The maximum Gasteiger partial charge on any atom is 0.127 e. The molecule has 0 fully saturated rings. The molecule has 0 bridgehead atoms. The first kappa shape index (κ1) is 15.8. The quantitative estimate of drug-likeness (QED) is 0.861. The first-order valence-electron chi connectivity index (χ1n) is 7.97. The topological polar surface area (TPSA) is 50.7 Å². The highest BCUT2D eigenvalue weighted by atomic mass is 16.5. The highest BCUT2D eigenvalue weighted by Gasteiger charge is 2.23. The Kier molecular flexibility index (Phi) is 4.84. The number of hydrogen-bond acceptors (Lipinski definition) is 4. The Hall–Kier alpha value is -2.04. The van der Waals surface area contributed by atoms with Crippen LogP contribution in [-0.2, 0) is 13.0 Å². The van der Waals surface area contributed by atoms with Gasteiger partial charge in [0.2, 0.25) is 0 Å². The van der Waals surface area contributed by atoms with E-state index >= 15 is 0 Å². The predicted octanol–water partition coefficient (Wildman–Crippen LogP) is 2.84. The maximum absolute atomic E-state index is 9.68. The summed E-state index contributed by atoms with van der Waals surface area (Å²) in [5.74, 6) is 1.80. The van der Waals surface area contributed by atoms with E-state index in [0.29, 0.717) is 6.54 Å². The third kappa shape index (κ3) is 3.49. The van der Waals surface area contributed by atoms with Gasteiger partial charge in [-0.3, -0.25) is 0 Å². The third-order valence-corrected chi connectivity index (χ3v) is 4.20. The molecule has 2 atom stereocenters. The molecule has 23 heavy (non-hydrogen) atoms. The zero-order valence-electron chi connectivity index (χ0n) is 13.6. The molecule has 2 unspecified atom stereocenters. The van der Waals surface area contributed by atoms with Gasteiger partial charge in [-0.05, 0) is 24.6 Å². The summed E-state index contributed by atoms with van der Waals surface area (Å²) in [5, 5.41) is 13.1. The van der Waals surface area contributed by atoms with Crippen LogP contribution in [0, 0.1) is 0 Å². The molecule has 1 heterocycles. The lowest BCUT2D eigenvalue weighted by atomic mass is 10.0. The second-order valence-corrected chi connectivity index (χ2v) is 5.93. The van der Waals surface area contributed by atoms with Crippen LogP contribution in [0.15, 0.2) is 42.5 Å². The van der Waals surface area contributed by atoms with Crippen molar-refractivity contribution in [2.24, 2.45) is 0 Å². The van der Waals surface area contributed by atoms with Crippen LogP contribution in [0.5, 0.6) is 11.5 Å². The van der Waals surface area contributed by atoms with Crippen LogP contribution in [0.4, 0.5) is 0 Å². The molecular formula is C19H23NO3. The lowest BCUT2D eigenvalue weighted by Gasteiger charge is -2.18. The van der Waals surface area contributed by atoms with Crippen molar-refractivity contribution in [1.29, 1.82) is 0 Å². The van der Waals surface area contributed by atoms with Crippen molar-refractivity contribution < 1.29 is 14.6 Å². The van der Waals surface area contributed by atoms with Gasteiger partial charge in [0.25, 0.3) is 0 Å². The molecule has 3 rings (SSSR count). The molecule has 0 aromatic heterocycles.